The number of carbonyl (C=O) groups excluding carboxylic acids is 2. The summed E-state index contributed by atoms with van der Waals surface area (Å²) in [6, 6.07) is 2.60. The largest absolute Gasteiger partial charge is 0.507 e. The standard InChI is InChI=1S/C30H19NO9/c1-12-19(28(37)38)27(39-2)13-7-5-3-4-6-8-18-29(12)30(13,40-29)14-11-17(34)22-23(24(14)31-18)26(36)21-16(33)10-9-15(32)20(21)25(22)35/h3-4,9-13,18,31-34H,1-2H3,(H,37,38)/t12-,13-,18-,29-,30+/m0/s1. The Bertz CT molecular complexity index is 1850. The Balaban J connectivity index is 1.59. The molecule has 0 amide bonds. The maximum Gasteiger partial charge on any atom is 0.335 e. The summed E-state index contributed by atoms with van der Waals surface area (Å²) in [6.45, 7) is 1.68. The first-order chi connectivity index (χ1) is 19.1. The zero-order chi connectivity index (χ0) is 28.3. The molecule has 0 unspecified atom stereocenters. The van der Waals surface area contributed by atoms with Gasteiger partial charge in [0.25, 0.3) is 0 Å². The highest BCUT2D eigenvalue weighted by Gasteiger charge is 2.85. The van der Waals surface area contributed by atoms with Gasteiger partial charge in [-0.1, -0.05) is 30.6 Å². The summed E-state index contributed by atoms with van der Waals surface area (Å²) in [5.41, 5.74) is -3.72. The quantitative estimate of drug-likeness (QED) is 0.186. The number of nitrogens with one attached hydrogen (secondary N) is 1. The van der Waals surface area contributed by atoms with Crippen LogP contribution in [-0.4, -0.2) is 56.7 Å². The number of ether oxygens (including phenoxy) is 2. The van der Waals surface area contributed by atoms with E-state index in [9.17, 15) is 34.8 Å². The molecule has 0 spiro atoms. The van der Waals surface area contributed by atoms with E-state index >= 15 is 0 Å². The van der Waals surface area contributed by atoms with Gasteiger partial charge in [0.05, 0.1) is 40.6 Å². The SMILES string of the molecule is COC1=C(C(=O)O)[C@H](C)[C@@]23O[C@]24c2cc(O)c5c(c2N[C@H]3C#CC=CC#C[C@@H]14)C(=O)c1c(O)ccc(O)c1C5=O. The number of benzene rings is 2. The molecule has 40 heavy (non-hydrogen) atoms. The van der Waals surface area contributed by atoms with Crippen molar-refractivity contribution in [1.29, 1.82) is 0 Å². The average Bonchev–Trinajstić information content (AvgIpc) is 3.64. The van der Waals surface area contributed by atoms with Crippen LogP contribution in [0.4, 0.5) is 5.69 Å². The van der Waals surface area contributed by atoms with Crippen LogP contribution >= 0.6 is 0 Å². The molecule has 5 N–H and O–H groups in total. The van der Waals surface area contributed by atoms with Gasteiger partial charge >= 0.3 is 5.97 Å². The topological polar surface area (TPSA) is 166 Å². The molecule has 7 rings (SSSR count). The number of ketones is 2. The minimum absolute atomic E-state index is 0.0284. The Hall–Kier alpha value is -5.19. The Morgan fingerprint density at radius 3 is 2.20 bits per heavy atom. The van der Waals surface area contributed by atoms with Crippen LogP contribution in [0.2, 0.25) is 0 Å². The fraction of sp³-hybridized carbons (Fsp3) is 0.233. The monoisotopic (exact) mass is 537 g/mol. The molecule has 2 heterocycles. The van der Waals surface area contributed by atoms with Gasteiger partial charge in [-0.2, -0.15) is 0 Å². The molecule has 1 fully saturated rings. The molecule has 0 radical (unpaired) electrons. The maximum atomic E-state index is 13.9. The summed E-state index contributed by atoms with van der Waals surface area (Å²) in [5.74, 6) is 5.71. The second kappa shape index (κ2) is 7.47. The predicted octanol–water partition coefficient (Wildman–Crippen LogP) is 2.16. The van der Waals surface area contributed by atoms with Gasteiger partial charge in [0.15, 0.2) is 0 Å². The third kappa shape index (κ3) is 2.48. The van der Waals surface area contributed by atoms with Crippen LogP contribution in [0.5, 0.6) is 17.2 Å². The van der Waals surface area contributed by atoms with Crippen LogP contribution in [-0.2, 0) is 19.9 Å². The van der Waals surface area contributed by atoms with Gasteiger partial charge in [-0.15, -0.1) is 0 Å². The maximum absolute atomic E-state index is 13.9. The predicted molar refractivity (Wildman–Crippen MR) is 137 cm³/mol. The lowest BCUT2D eigenvalue weighted by atomic mass is 9.59. The van der Waals surface area contributed by atoms with Gasteiger partial charge in [0.1, 0.15) is 46.2 Å². The van der Waals surface area contributed by atoms with E-state index < -0.39 is 75.0 Å². The smallest absolute Gasteiger partial charge is 0.335 e. The number of anilines is 1. The van der Waals surface area contributed by atoms with E-state index in [4.69, 9.17) is 9.47 Å². The Labute approximate surface area is 226 Å². The molecule has 0 saturated carbocycles. The zero-order valence-corrected chi connectivity index (χ0v) is 20.9. The fourth-order valence-electron chi connectivity index (χ4n) is 6.93. The van der Waals surface area contributed by atoms with Gasteiger partial charge in [-0.3, -0.25) is 9.59 Å². The number of epoxide rings is 1. The Morgan fingerprint density at radius 2 is 1.57 bits per heavy atom. The van der Waals surface area contributed by atoms with Crippen molar-refractivity contribution >= 4 is 23.2 Å². The first-order valence-corrected chi connectivity index (χ1v) is 12.3. The van der Waals surface area contributed by atoms with Crippen LogP contribution in [0, 0.1) is 35.5 Å². The molecule has 2 aromatic carbocycles. The van der Waals surface area contributed by atoms with Gasteiger partial charge in [0, 0.05) is 11.5 Å². The van der Waals surface area contributed by atoms with Gasteiger partial charge in [-0.25, -0.2) is 4.79 Å². The number of hydrogen-bond donors (Lipinski definition) is 5. The molecule has 5 atom stereocenters. The fourth-order valence-corrected chi connectivity index (χ4v) is 6.93. The number of aliphatic carboxylic acids is 1. The summed E-state index contributed by atoms with van der Waals surface area (Å²) >= 11 is 0. The second-order valence-electron chi connectivity index (χ2n) is 10.1. The average molecular weight is 537 g/mol. The zero-order valence-electron chi connectivity index (χ0n) is 20.9. The van der Waals surface area contributed by atoms with E-state index in [1.54, 1.807) is 6.92 Å². The summed E-state index contributed by atoms with van der Waals surface area (Å²) in [7, 11) is 1.34. The number of carboxylic acids is 1. The molecule has 1 saturated heterocycles. The molecule has 3 aliphatic carbocycles. The third-order valence-electron chi connectivity index (χ3n) is 8.53. The Morgan fingerprint density at radius 1 is 0.975 bits per heavy atom. The molecule has 5 aliphatic rings. The number of methoxy groups -OCH3 is 1. The van der Waals surface area contributed by atoms with Crippen molar-refractivity contribution in [1.82, 2.24) is 0 Å². The number of carboxylic acid groups (broad SMARTS) is 1. The number of allylic oxidation sites excluding steroid dienone is 2. The molecule has 10 heteroatoms. The number of fused-ring (bicyclic) bond motifs is 4. The van der Waals surface area contributed by atoms with Crippen LogP contribution in [0.3, 0.4) is 0 Å². The molecule has 2 aliphatic heterocycles. The summed E-state index contributed by atoms with van der Waals surface area (Å²) < 4.78 is 12.2. The van der Waals surface area contributed by atoms with Crippen LogP contribution in [0.25, 0.3) is 0 Å². The lowest BCUT2D eigenvalue weighted by molar-refractivity contribution is -0.134. The first-order valence-electron chi connectivity index (χ1n) is 12.3. The van der Waals surface area contributed by atoms with Crippen LogP contribution in [0.15, 0.2) is 41.7 Å². The van der Waals surface area contributed by atoms with E-state index in [-0.39, 0.29) is 33.7 Å². The second-order valence-corrected chi connectivity index (χ2v) is 10.1. The van der Waals surface area contributed by atoms with Gasteiger partial charge in [-0.05, 0) is 30.4 Å². The number of phenolic OH excluding ortho intramolecular Hbond substituents is 3. The van der Waals surface area contributed by atoms with E-state index in [2.05, 4.69) is 29.0 Å². The van der Waals surface area contributed by atoms with E-state index in [1.165, 1.54) is 25.3 Å². The van der Waals surface area contributed by atoms with Crippen molar-refractivity contribution < 1.29 is 44.3 Å². The minimum Gasteiger partial charge on any atom is -0.507 e. The van der Waals surface area contributed by atoms with Crippen molar-refractivity contribution in [2.24, 2.45) is 11.8 Å². The number of aromatic hydroxyl groups is 3. The van der Waals surface area contributed by atoms with Crippen molar-refractivity contribution in [2.45, 2.75) is 24.2 Å². The summed E-state index contributed by atoms with van der Waals surface area (Å²) in [4.78, 5) is 40.0. The normalized spacial score (nSPS) is 29.7. The van der Waals surface area contributed by atoms with Crippen LogP contribution in [0.1, 0.15) is 44.3 Å². The molecule has 198 valence electrons. The van der Waals surface area contributed by atoms with Crippen molar-refractivity contribution in [3.8, 4) is 40.9 Å². The number of rotatable bonds is 2. The van der Waals surface area contributed by atoms with Gasteiger partial charge < -0.3 is 35.2 Å². The molecule has 2 aromatic rings. The van der Waals surface area contributed by atoms with Crippen LogP contribution < -0.4 is 5.32 Å². The first kappa shape index (κ1) is 23.9. The summed E-state index contributed by atoms with van der Waals surface area (Å²) in [6.07, 6.45) is 3.04. The lowest BCUT2D eigenvalue weighted by Crippen LogP contribution is -2.55. The molecular formula is C30H19NO9. The highest BCUT2D eigenvalue weighted by molar-refractivity contribution is 6.33. The molecule has 4 bridgehead atoms. The molecule has 10 nitrogen and oxygen atoms in total. The van der Waals surface area contributed by atoms with Gasteiger partial charge in [0.2, 0.25) is 11.6 Å². The highest BCUT2D eigenvalue weighted by Crippen LogP contribution is 2.74. The van der Waals surface area contributed by atoms with Crippen molar-refractivity contribution in [2.75, 3.05) is 12.4 Å². The van der Waals surface area contributed by atoms with E-state index in [0.29, 0.717) is 0 Å². The minimum atomic E-state index is -1.41. The number of hydrogen-bond acceptors (Lipinski definition) is 9. The highest BCUT2D eigenvalue weighted by atomic mass is 16.6. The third-order valence-corrected chi connectivity index (χ3v) is 8.53. The molecular weight excluding hydrogens is 518 g/mol. The Kier molecular flexibility index (Phi) is 4.46. The summed E-state index contributed by atoms with van der Waals surface area (Å²) in [5, 5.41) is 45.5. The molecule has 0 aromatic heterocycles. The van der Waals surface area contributed by atoms with Crippen molar-refractivity contribution in [3.05, 3.63) is 69.5 Å². The number of phenols is 3. The lowest BCUT2D eigenvalue weighted by Gasteiger charge is -2.43. The van der Waals surface area contributed by atoms with E-state index in [1.807, 2.05) is 0 Å². The van der Waals surface area contributed by atoms with Crippen molar-refractivity contribution in [3.63, 3.8) is 0 Å². The number of carbonyl (C=O) groups is 3. The van der Waals surface area contributed by atoms with E-state index in [0.717, 1.165) is 12.1 Å².